The Morgan fingerprint density at radius 1 is 1.21 bits per heavy atom. The second-order valence-corrected chi connectivity index (χ2v) is 7.39. The first-order valence-corrected chi connectivity index (χ1v) is 9.85. The van der Waals surface area contributed by atoms with Gasteiger partial charge >= 0.3 is 0 Å². The molecule has 0 amide bonds. The number of pyridine rings is 1. The molecule has 29 heavy (non-hydrogen) atoms. The Balaban J connectivity index is 0.00000240. The predicted molar refractivity (Wildman–Crippen MR) is 122 cm³/mol. The molecule has 1 fully saturated rings. The molecule has 1 aromatic heterocycles. The maximum Gasteiger partial charge on any atom is 0.189 e. The van der Waals surface area contributed by atoms with E-state index in [-0.39, 0.29) is 23.0 Å². The first-order valence-electron chi connectivity index (χ1n) is 9.85. The Hall–Kier alpha value is -2.32. The van der Waals surface area contributed by atoms with E-state index in [4.69, 9.17) is 10.5 Å². The van der Waals surface area contributed by atoms with Crippen molar-refractivity contribution in [3.05, 3.63) is 53.7 Å². The molecule has 3 heterocycles. The van der Waals surface area contributed by atoms with Crippen LogP contribution in [0, 0.1) is 0 Å². The molecule has 2 aliphatic rings. The first kappa shape index (κ1) is 21.4. The lowest BCUT2D eigenvalue weighted by Gasteiger charge is -2.33. The smallest absolute Gasteiger partial charge is 0.189 e. The summed E-state index contributed by atoms with van der Waals surface area (Å²) >= 11 is 0. The minimum Gasteiger partial charge on any atom is -0.493 e. The molecule has 0 aliphatic carbocycles. The van der Waals surface area contributed by atoms with Crippen molar-refractivity contribution in [2.45, 2.75) is 19.0 Å². The molecule has 156 valence electrons. The number of nitrogens with one attached hydrogen (secondary N) is 1. The van der Waals surface area contributed by atoms with Crippen molar-refractivity contribution in [3.63, 3.8) is 0 Å². The number of piperazine rings is 1. The monoisotopic (exact) mass is 460 g/mol. The molecule has 0 bridgehead atoms. The summed E-state index contributed by atoms with van der Waals surface area (Å²) in [6.45, 7) is 5.38. The van der Waals surface area contributed by atoms with Crippen LogP contribution in [0.3, 0.4) is 0 Å². The fourth-order valence-electron chi connectivity index (χ4n) is 3.63. The summed E-state index contributed by atoms with van der Waals surface area (Å²) in [5.41, 5.74) is 8.31. The van der Waals surface area contributed by atoms with Gasteiger partial charge in [-0.2, -0.15) is 0 Å². The van der Waals surface area contributed by atoms with Crippen LogP contribution in [0.5, 0.6) is 5.75 Å². The zero-order chi connectivity index (χ0) is 19.3. The SMILES string of the molecule is Br.CN1CCN(c2ccc(CN=C(N)NC3CCOc4ccccc43)cn2)CC1. The number of aliphatic imine (C=N–C) groups is 1. The summed E-state index contributed by atoms with van der Waals surface area (Å²) < 4.78 is 5.70. The van der Waals surface area contributed by atoms with Gasteiger partial charge in [0.25, 0.3) is 0 Å². The van der Waals surface area contributed by atoms with Crippen LogP contribution in [-0.2, 0) is 6.54 Å². The van der Waals surface area contributed by atoms with Gasteiger partial charge in [-0.05, 0) is 24.7 Å². The van der Waals surface area contributed by atoms with Crippen molar-refractivity contribution < 1.29 is 4.74 Å². The Morgan fingerprint density at radius 2 is 2.00 bits per heavy atom. The molecular formula is C21H29BrN6O. The number of rotatable bonds is 4. The molecule has 1 atom stereocenters. The van der Waals surface area contributed by atoms with Crippen molar-refractivity contribution in [2.75, 3.05) is 44.7 Å². The van der Waals surface area contributed by atoms with Crippen LogP contribution in [0.25, 0.3) is 0 Å². The number of hydrogen-bond donors (Lipinski definition) is 2. The molecule has 0 saturated carbocycles. The lowest BCUT2D eigenvalue weighted by atomic mass is 10.0. The summed E-state index contributed by atoms with van der Waals surface area (Å²) in [7, 11) is 2.16. The zero-order valence-electron chi connectivity index (χ0n) is 16.8. The van der Waals surface area contributed by atoms with Crippen LogP contribution in [0.4, 0.5) is 5.82 Å². The number of anilines is 1. The van der Waals surface area contributed by atoms with Crippen LogP contribution < -0.4 is 20.7 Å². The second kappa shape index (κ2) is 9.93. The number of fused-ring (bicyclic) bond motifs is 1. The highest BCUT2D eigenvalue weighted by Crippen LogP contribution is 2.31. The molecule has 0 spiro atoms. The molecule has 8 heteroatoms. The summed E-state index contributed by atoms with van der Waals surface area (Å²) in [4.78, 5) is 13.8. The Bertz CT molecular complexity index is 820. The van der Waals surface area contributed by atoms with Crippen molar-refractivity contribution >= 4 is 28.8 Å². The molecule has 1 saturated heterocycles. The van der Waals surface area contributed by atoms with Gasteiger partial charge in [0.05, 0.1) is 19.2 Å². The van der Waals surface area contributed by atoms with Gasteiger partial charge in [0.2, 0.25) is 0 Å². The van der Waals surface area contributed by atoms with E-state index in [1.54, 1.807) is 0 Å². The van der Waals surface area contributed by atoms with Gasteiger partial charge in [-0.25, -0.2) is 9.98 Å². The fourth-order valence-corrected chi connectivity index (χ4v) is 3.63. The summed E-state index contributed by atoms with van der Waals surface area (Å²) in [5.74, 6) is 2.40. The van der Waals surface area contributed by atoms with Gasteiger partial charge in [0.15, 0.2) is 5.96 Å². The number of nitrogens with two attached hydrogens (primary N) is 1. The summed E-state index contributed by atoms with van der Waals surface area (Å²) in [6.07, 6.45) is 2.77. The van der Waals surface area contributed by atoms with Gasteiger partial charge in [0.1, 0.15) is 11.6 Å². The molecule has 3 N–H and O–H groups in total. The average Bonchev–Trinajstić information content (AvgIpc) is 2.74. The zero-order valence-corrected chi connectivity index (χ0v) is 18.5. The van der Waals surface area contributed by atoms with E-state index >= 15 is 0 Å². The Kier molecular flexibility index (Phi) is 7.33. The highest BCUT2D eigenvalue weighted by Gasteiger charge is 2.21. The van der Waals surface area contributed by atoms with Crippen molar-refractivity contribution in [3.8, 4) is 5.75 Å². The number of nitrogens with zero attached hydrogens (tertiary/aromatic N) is 4. The second-order valence-electron chi connectivity index (χ2n) is 7.39. The average molecular weight is 461 g/mol. The third kappa shape index (κ3) is 5.39. The maximum atomic E-state index is 6.13. The van der Waals surface area contributed by atoms with E-state index in [1.165, 1.54) is 0 Å². The van der Waals surface area contributed by atoms with E-state index in [2.05, 4.69) is 50.3 Å². The Labute approximate surface area is 182 Å². The maximum absolute atomic E-state index is 6.13. The van der Waals surface area contributed by atoms with Crippen LogP contribution >= 0.6 is 17.0 Å². The third-order valence-corrected chi connectivity index (χ3v) is 5.35. The summed E-state index contributed by atoms with van der Waals surface area (Å²) in [6, 6.07) is 12.4. The molecule has 2 aromatic rings. The number of hydrogen-bond acceptors (Lipinski definition) is 5. The van der Waals surface area contributed by atoms with Crippen LogP contribution in [-0.4, -0.2) is 55.7 Å². The summed E-state index contributed by atoms with van der Waals surface area (Å²) in [5, 5.41) is 3.33. The molecule has 1 aromatic carbocycles. The van der Waals surface area contributed by atoms with Crippen LogP contribution in [0.15, 0.2) is 47.6 Å². The number of halogens is 1. The van der Waals surface area contributed by atoms with Gasteiger partial charge < -0.3 is 25.6 Å². The van der Waals surface area contributed by atoms with Crippen molar-refractivity contribution in [1.29, 1.82) is 0 Å². The molecule has 7 nitrogen and oxygen atoms in total. The van der Waals surface area contributed by atoms with Crippen molar-refractivity contribution in [2.24, 2.45) is 10.7 Å². The van der Waals surface area contributed by atoms with Crippen LogP contribution in [0.1, 0.15) is 23.6 Å². The number of likely N-dealkylation sites (N-methyl/N-ethyl adjacent to an activating group) is 1. The predicted octanol–water partition coefficient (Wildman–Crippen LogP) is 2.34. The van der Waals surface area contributed by atoms with Gasteiger partial charge in [-0.3, -0.25) is 0 Å². The number of aromatic nitrogens is 1. The van der Waals surface area contributed by atoms with E-state index < -0.39 is 0 Å². The van der Waals surface area contributed by atoms with Crippen molar-refractivity contribution in [1.82, 2.24) is 15.2 Å². The molecular weight excluding hydrogens is 432 g/mol. The highest BCUT2D eigenvalue weighted by atomic mass is 79.9. The number of para-hydroxylation sites is 1. The van der Waals surface area contributed by atoms with Gasteiger partial charge in [0, 0.05) is 44.4 Å². The molecule has 0 radical (unpaired) electrons. The number of guanidine groups is 1. The molecule has 4 rings (SSSR count). The standard InChI is InChI=1S/C21H28N6O.BrH/c1-26-9-11-27(12-10-26)20-7-6-16(14-23-20)15-24-21(22)25-18-8-13-28-19-5-3-2-4-17(18)19;/h2-7,14,18H,8-13,15H2,1H3,(H3,22,24,25);1H. The molecule has 1 unspecified atom stereocenters. The quantitative estimate of drug-likeness (QED) is 0.538. The molecule has 2 aliphatic heterocycles. The number of benzene rings is 1. The highest BCUT2D eigenvalue weighted by molar-refractivity contribution is 8.93. The lowest BCUT2D eigenvalue weighted by molar-refractivity contribution is 0.262. The number of ether oxygens (including phenoxy) is 1. The lowest BCUT2D eigenvalue weighted by Crippen LogP contribution is -2.44. The minimum absolute atomic E-state index is 0. The minimum atomic E-state index is 0. The largest absolute Gasteiger partial charge is 0.493 e. The third-order valence-electron chi connectivity index (χ3n) is 5.35. The Morgan fingerprint density at radius 3 is 2.76 bits per heavy atom. The van der Waals surface area contributed by atoms with E-state index in [9.17, 15) is 0 Å². The fraction of sp³-hybridized carbons (Fsp3) is 0.429. The van der Waals surface area contributed by atoms with E-state index in [0.29, 0.717) is 19.1 Å². The topological polar surface area (TPSA) is 79.0 Å². The normalized spacial score (nSPS) is 19.7. The van der Waals surface area contributed by atoms with E-state index in [0.717, 1.165) is 55.3 Å². The van der Waals surface area contributed by atoms with Gasteiger partial charge in [-0.15, -0.1) is 17.0 Å². The van der Waals surface area contributed by atoms with E-state index in [1.807, 2.05) is 24.4 Å². The van der Waals surface area contributed by atoms with Crippen LogP contribution in [0.2, 0.25) is 0 Å². The van der Waals surface area contributed by atoms with Gasteiger partial charge in [-0.1, -0.05) is 24.3 Å². The first-order chi connectivity index (χ1) is 13.7.